The molecule has 0 saturated carbocycles. The lowest BCUT2D eigenvalue weighted by atomic mass is 9.94. The van der Waals surface area contributed by atoms with E-state index in [1.165, 1.54) is 6.20 Å². The van der Waals surface area contributed by atoms with Crippen LogP contribution in [0.2, 0.25) is 0 Å². The molecule has 0 fully saturated rings. The van der Waals surface area contributed by atoms with Crippen molar-refractivity contribution < 1.29 is 19.4 Å². The second-order valence-corrected chi connectivity index (χ2v) is 8.33. The third kappa shape index (κ3) is 3.34. The van der Waals surface area contributed by atoms with Crippen LogP contribution in [0.25, 0.3) is 21.7 Å². The summed E-state index contributed by atoms with van der Waals surface area (Å²) in [6.45, 7) is 0.555. The van der Waals surface area contributed by atoms with Gasteiger partial charge in [-0.05, 0) is 53.8 Å². The van der Waals surface area contributed by atoms with Crippen molar-refractivity contribution in [3.05, 3.63) is 77.1 Å². The number of amides is 1. The monoisotopic (exact) mass is 445 g/mol. The normalized spacial score (nSPS) is 12.0. The van der Waals surface area contributed by atoms with Crippen molar-refractivity contribution in [2.75, 3.05) is 12.4 Å². The molecule has 1 aromatic carbocycles. The molecule has 1 aliphatic rings. The average molecular weight is 446 g/mol. The highest BCUT2D eigenvalue weighted by atomic mass is 32.1. The number of benzene rings is 1. The molecule has 0 aliphatic carbocycles. The first-order valence-corrected chi connectivity index (χ1v) is 10.9. The Labute approximate surface area is 187 Å². The van der Waals surface area contributed by atoms with Crippen molar-refractivity contribution in [1.82, 2.24) is 9.55 Å². The number of thiophene rings is 1. The number of aromatic carboxylic acids is 1. The number of methoxy groups -OCH3 is 1. The lowest BCUT2D eigenvalue weighted by molar-refractivity contribution is 0.0685. The largest absolute Gasteiger partial charge is 0.495 e. The summed E-state index contributed by atoms with van der Waals surface area (Å²) in [4.78, 5) is 29.7. The molecule has 1 aliphatic heterocycles. The number of aromatic nitrogens is 2. The maximum absolute atomic E-state index is 12.8. The van der Waals surface area contributed by atoms with Gasteiger partial charge >= 0.3 is 5.97 Å². The number of pyridine rings is 1. The number of carboxylic acid groups (broad SMARTS) is 1. The Balaban J connectivity index is 1.66. The van der Waals surface area contributed by atoms with Gasteiger partial charge in [0.2, 0.25) is 0 Å². The van der Waals surface area contributed by atoms with Crippen LogP contribution in [0.1, 0.15) is 26.4 Å². The molecule has 4 heterocycles. The van der Waals surface area contributed by atoms with Gasteiger partial charge < -0.3 is 19.7 Å². The van der Waals surface area contributed by atoms with Crippen molar-refractivity contribution in [1.29, 1.82) is 0 Å². The van der Waals surface area contributed by atoms with E-state index < -0.39 is 5.97 Å². The molecule has 0 unspecified atom stereocenters. The van der Waals surface area contributed by atoms with Crippen LogP contribution >= 0.6 is 11.3 Å². The summed E-state index contributed by atoms with van der Waals surface area (Å²) in [6.07, 6.45) is 3.77. The number of rotatable bonds is 5. The van der Waals surface area contributed by atoms with E-state index in [1.54, 1.807) is 42.8 Å². The lowest BCUT2D eigenvalue weighted by Gasteiger charge is -2.24. The molecule has 160 valence electrons. The summed E-state index contributed by atoms with van der Waals surface area (Å²) >= 11 is 1.56. The second kappa shape index (κ2) is 7.97. The highest BCUT2D eigenvalue weighted by Crippen LogP contribution is 2.44. The highest BCUT2D eigenvalue weighted by molar-refractivity contribution is 7.13. The van der Waals surface area contributed by atoms with E-state index in [0.29, 0.717) is 30.0 Å². The summed E-state index contributed by atoms with van der Waals surface area (Å²) in [6, 6.07) is 12.8. The van der Waals surface area contributed by atoms with Gasteiger partial charge in [-0.15, -0.1) is 11.3 Å². The number of aryl methyl sites for hydroxylation is 1. The fourth-order valence-electron chi connectivity index (χ4n) is 4.11. The molecule has 1 amide bonds. The quantitative estimate of drug-likeness (QED) is 0.461. The number of nitrogens with zero attached hydrogens (tertiary/aromatic N) is 2. The summed E-state index contributed by atoms with van der Waals surface area (Å²) in [5, 5.41) is 14.7. The molecule has 0 saturated heterocycles. The van der Waals surface area contributed by atoms with E-state index in [0.717, 1.165) is 27.3 Å². The maximum atomic E-state index is 12.8. The zero-order valence-electron chi connectivity index (χ0n) is 17.2. The van der Waals surface area contributed by atoms with Crippen molar-refractivity contribution in [2.45, 2.75) is 13.0 Å². The van der Waals surface area contributed by atoms with Gasteiger partial charge in [-0.3, -0.25) is 9.78 Å². The number of hydrogen-bond donors (Lipinski definition) is 2. The molecular weight excluding hydrogens is 426 g/mol. The van der Waals surface area contributed by atoms with E-state index in [1.807, 2.05) is 34.2 Å². The Morgan fingerprint density at radius 3 is 2.75 bits per heavy atom. The minimum Gasteiger partial charge on any atom is -0.495 e. The molecule has 7 nitrogen and oxygen atoms in total. The second-order valence-electron chi connectivity index (χ2n) is 7.38. The molecule has 0 atom stereocenters. The third-order valence-corrected chi connectivity index (χ3v) is 6.46. The van der Waals surface area contributed by atoms with Gasteiger partial charge in [0.1, 0.15) is 11.4 Å². The van der Waals surface area contributed by atoms with Crippen LogP contribution in [-0.4, -0.2) is 33.6 Å². The molecule has 4 aromatic rings. The molecule has 8 heteroatoms. The van der Waals surface area contributed by atoms with E-state index in [2.05, 4.69) is 10.3 Å². The average Bonchev–Trinajstić information content (AvgIpc) is 3.47. The van der Waals surface area contributed by atoms with Crippen molar-refractivity contribution in [2.24, 2.45) is 0 Å². The molecule has 0 radical (unpaired) electrons. The van der Waals surface area contributed by atoms with Gasteiger partial charge in [0.05, 0.1) is 24.1 Å². The minimum absolute atomic E-state index is 0.255. The summed E-state index contributed by atoms with van der Waals surface area (Å²) in [5.41, 5.74) is 4.84. The smallest absolute Gasteiger partial charge is 0.352 e. The topological polar surface area (TPSA) is 93.4 Å². The van der Waals surface area contributed by atoms with E-state index in [4.69, 9.17) is 4.74 Å². The number of fused-ring (bicyclic) bond motifs is 3. The third-order valence-electron chi connectivity index (χ3n) is 5.56. The maximum Gasteiger partial charge on any atom is 0.352 e. The Bertz CT molecular complexity index is 1330. The van der Waals surface area contributed by atoms with Gasteiger partial charge in [-0.25, -0.2) is 4.79 Å². The first-order chi connectivity index (χ1) is 15.6. The number of anilines is 1. The molecule has 2 N–H and O–H groups in total. The van der Waals surface area contributed by atoms with E-state index in [9.17, 15) is 14.7 Å². The SMILES string of the molecule is COc1cc2c(cc1NC(=O)c1cccnc1)-c1c(-c3cccs3)cc(C(=O)O)n1CC2. The van der Waals surface area contributed by atoms with Crippen molar-refractivity contribution in [3.63, 3.8) is 0 Å². The zero-order chi connectivity index (χ0) is 22.2. The Kier molecular flexibility index (Phi) is 4.99. The number of ether oxygens (including phenoxy) is 1. The van der Waals surface area contributed by atoms with Crippen LogP contribution in [0, 0.1) is 0 Å². The first-order valence-electron chi connectivity index (χ1n) is 10.00. The summed E-state index contributed by atoms with van der Waals surface area (Å²) in [5.74, 6) is -0.708. The van der Waals surface area contributed by atoms with Crippen molar-refractivity contribution in [3.8, 4) is 27.4 Å². The Morgan fingerprint density at radius 2 is 2.06 bits per heavy atom. The van der Waals surface area contributed by atoms with Gasteiger partial charge in [-0.2, -0.15) is 0 Å². The fourth-order valence-corrected chi connectivity index (χ4v) is 4.85. The molecule has 0 spiro atoms. The molecule has 32 heavy (non-hydrogen) atoms. The van der Waals surface area contributed by atoms with Crippen LogP contribution in [0.5, 0.6) is 5.75 Å². The molecule has 3 aromatic heterocycles. The minimum atomic E-state index is -0.962. The number of carboxylic acids is 1. The fraction of sp³-hybridized carbons (Fsp3) is 0.125. The Morgan fingerprint density at radius 1 is 1.19 bits per heavy atom. The first kappa shape index (κ1) is 20.0. The predicted molar refractivity (Wildman–Crippen MR) is 123 cm³/mol. The Hall–Kier alpha value is -3.91. The van der Waals surface area contributed by atoms with Gasteiger partial charge in [0, 0.05) is 34.9 Å². The van der Waals surface area contributed by atoms with E-state index in [-0.39, 0.29) is 11.6 Å². The van der Waals surface area contributed by atoms with Crippen LogP contribution in [0.15, 0.2) is 60.2 Å². The molecule has 5 rings (SSSR count). The molecular formula is C24H19N3O4S. The highest BCUT2D eigenvalue weighted by Gasteiger charge is 2.28. The number of carbonyl (C=O) groups is 2. The van der Waals surface area contributed by atoms with Gasteiger partial charge in [0.15, 0.2) is 0 Å². The summed E-state index contributed by atoms with van der Waals surface area (Å²) in [7, 11) is 1.56. The zero-order valence-corrected chi connectivity index (χ0v) is 18.0. The van der Waals surface area contributed by atoms with Crippen LogP contribution in [0.4, 0.5) is 5.69 Å². The lowest BCUT2D eigenvalue weighted by Crippen LogP contribution is -2.17. The van der Waals surface area contributed by atoms with Crippen LogP contribution in [0.3, 0.4) is 0 Å². The molecule has 0 bridgehead atoms. The van der Waals surface area contributed by atoms with Gasteiger partial charge in [-0.1, -0.05) is 6.07 Å². The number of nitrogens with one attached hydrogen (secondary N) is 1. The summed E-state index contributed by atoms with van der Waals surface area (Å²) < 4.78 is 7.40. The van der Waals surface area contributed by atoms with E-state index >= 15 is 0 Å². The predicted octanol–water partition coefficient (Wildman–Crippen LogP) is 4.79. The number of carbonyl (C=O) groups excluding carboxylic acids is 1. The number of hydrogen-bond acceptors (Lipinski definition) is 5. The van der Waals surface area contributed by atoms with Crippen LogP contribution in [-0.2, 0) is 13.0 Å². The van der Waals surface area contributed by atoms with Crippen LogP contribution < -0.4 is 10.1 Å². The standard InChI is InChI=1S/C24H19N3O4S/c1-31-20-10-14-6-8-27-19(24(29)30)12-17(21-5-3-9-32-21)22(27)16(14)11-18(20)26-23(28)15-4-2-7-25-13-15/h2-5,7,9-13H,6,8H2,1H3,(H,26,28)(H,29,30). The van der Waals surface area contributed by atoms with Gasteiger partial charge in [0.25, 0.3) is 5.91 Å². The van der Waals surface area contributed by atoms with Crippen molar-refractivity contribution >= 4 is 28.9 Å².